The second-order valence-corrected chi connectivity index (χ2v) is 4.95. The molecule has 5 nitrogen and oxygen atoms in total. The molecule has 0 saturated heterocycles. The fourth-order valence-electron chi connectivity index (χ4n) is 0.999. The number of carbonyl (C=O) groups is 1. The van der Waals surface area contributed by atoms with Crippen LogP contribution >= 0.6 is 23.1 Å². The van der Waals surface area contributed by atoms with Gasteiger partial charge in [0, 0.05) is 17.8 Å². The van der Waals surface area contributed by atoms with Crippen molar-refractivity contribution in [3.63, 3.8) is 0 Å². The molecule has 0 atom stereocenters. The number of carboxylic acid groups (broad SMARTS) is 1. The summed E-state index contributed by atoms with van der Waals surface area (Å²) < 4.78 is 0.775. The highest BCUT2D eigenvalue weighted by Crippen LogP contribution is 2.28. The Morgan fingerprint density at radius 1 is 1.50 bits per heavy atom. The number of carboxylic acids is 1. The SMILES string of the molecule is O=C(O)Cc1csc(Sc2cnccn2)n1. The summed E-state index contributed by atoms with van der Waals surface area (Å²) in [6, 6.07) is 0. The van der Waals surface area contributed by atoms with Crippen molar-refractivity contribution in [2.24, 2.45) is 0 Å². The maximum Gasteiger partial charge on any atom is 0.309 e. The second kappa shape index (κ2) is 5.04. The van der Waals surface area contributed by atoms with E-state index in [-0.39, 0.29) is 6.42 Å². The van der Waals surface area contributed by atoms with Crippen molar-refractivity contribution in [1.82, 2.24) is 15.0 Å². The highest BCUT2D eigenvalue weighted by atomic mass is 32.2. The van der Waals surface area contributed by atoms with Crippen molar-refractivity contribution < 1.29 is 9.90 Å². The summed E-state index contributed by atoms with van der Waals surface area (Å²) in [7, 11) is 0. The lowest BCUT2D eigenvalue weighted by molar-refractivity contribution is -0.136. The lowest BCUT2D eigenvalue weighted by Crippen LogP contribution is -1.99. The van der Waals surface area contributed by atoms with Crippen molar-refractivity contribution in [1.29, 1.82) is 0 Å². The first-order chi connectivity index (χ1) is 7.74. The van der Waals surface area contributed by atoms with Crippen LogP contribution in [-0.4, -0.2) is 26.0 Å². The van der Waals surface area contributed by atoms with E-state index >= 15 is 0 Å². The summed E-state index contributed by atoms with van der Waals surface area (Å²) in [4.78, 5) is 22.7. The van der Waals surface area contributed by atoms with Gasteiger partial charge in [0.15, 0.2) is 4.34 Å². The number of nitrogens with zero attached hydrogens (tertiary/aromatic N) is 3. The predicted octanol–water partition coefficient (Wildman–Crippen LogP) is 1.71. The average Bonchev–Trinajstić information content (AvgIpc) is 2.66. The van der Waals surface area contributed by atoms with E-state index < -0.39 is 5.97 Å². The molecule has 2 rings (SSSR count). The van der Waals surface area contributed by atoms with Crippen molar-refractivity contribution in [2.75, 3.05) is 0 Å². The molecule has 2 heterocycles. The maximum atomic E-state index is 10.5. The Labute approximate surface area is 99.6 Å². The smallest absolute Gasteiger partial charge is 0.309 e. The normalized spacial score (nSPS) is 10.2. The van der Waals surface area contributed by atoms with Crippen molar-refractivity contribution >= 4 is 29.1 Å². The number of rotatable bonds is 4. The molecule has 0 saturated carbocycles. The molecule has 0 aromatic carbocycles. The molecule has 0 aliphatic heterocycles. The first-order valence-corrected chi connectivity index (χ1v) is 6.04. The van der Waals surface area contributed by atoms with Crippen LogP contribution in [-0.2, 0) is 11.2 Å². The summed E-state index contributed by atoms with van der Waals surface area (Å²) in [5.41, 5.74) is 0.573. The molecule has 0 fully saturated rings. The third-order valence-electron chi connectivity index (χ3n) is 1.59. The molecule has 0 aliphatic rings. The van der Waals surface area contributed by atoms with Crippen LogP contribution in [0.4, 0.5) is 0 Å². The molecule has 0 spiro atoms. The fraction of sp³-hybridized carbons (Fsp3) is 0.111. The van der Waals surface area contributed by atoms with E-state index in [1.807, 2.05) is 0 Å². The van der Waals surface area contributed by atoms with Gasteiger partial charge in [0.25, 0.3) is 0 Å². The summed E-state index contributed by atoms with van der Waals surface area (Å²) in [5.74, 6) is -0.874. The standard InChI is InChI=1S/C9H7N3O2S2/c13-8(14)3-6-5-15-9(12-6)16-7-4-10-1-2-11-7/h1-2,4-5H,3H2,(H,13,14). The van der Waals surface area contributed by atoms with Gasteiger partial charge < -0.3 is 5.11 Å². The fourth-order valence-corrected chi connectivity index (χ4v) is 2.70. The lowest BCUT2D eigenvalue weighted by Gasteiger charge is -1.93. The topological polar surface area (TPSA) is 76.0 Å². The minimum absolute atomic E-state index is 0.0441. The van der Waals surface area contributed by atoms with Crippen molar-refractivity contribution in [2.45, 2.75) is 15.8 Å². The molecular weight excluding hydrogens is 246 g/mol. The minimum Gasteiger partial charge on any atom is -0.481 e. The van der Waals surface area contributed by atoms with Gasteiger partial charge in [-0.05, 0) is 11.8 Å². The van der Waals surface area contributed by atoms with Crippen LogP contribution < -0.4 is 0 Å². The number of hydrogen-bond donors (Lipinski definition) is 1. The zero-order chi connectivity index (χ0) is 11.4. The zero-order valence-electron chi connectivity index (χ0n) is 8.03. The highest BCUT2D eigenvalue weighted by molar-refractivity contribution is 8.00. The molecule has 2 aromatic heterocycles. The number of aromatic nitrogens is 3. The molecule has 2 aromatic rings. The van der Waals surface area contributed by atoms with Crippen LogP contribution in [0, 0.1) is 0 Å². The third kappa shape index (κ3) is 3.01. The number of hydrogen-bond acceptors (Lipinski definition) is 6. The average molecular weight is 253 g/mol. The molecule has 82 valence electrons. The molecule has 0 aliphatic carbocycles. The van der Waals surface area contributed by atoms with Crippen LogP contribution in [0.1, 0.15) is 5.69 Å². The van der Waals surface area contributed by atoms with Crippen LogP contribution in [0.15, 0.2) is 33.3 Å². The van der Waals surface area contributed by atoms with Gasteiger partial charge in [-0.2, -0.15) is 0 Å². The molecule has 1 N–H and O–H groups in total. The predicted molar refractivity (Wildman–Crippen MR) is 59.6 cm³/mol. The second-order valence-electron chi connectivity index (χ2n) is 2.82. The summed E-state index contributed by atoms with van der Waals surface area (Å²) in [5, 5.41) is 11.1. The largest absolute Gasteiger partial charge is 0.481 e. The van der Waals surface area contributed by atoms with E-state index in [2.05, 4.69) is 15.0 Å². The zero-order valence-corrected chi connectivity index (χ0v) is 9.66. The van der Waals surface area contributed by atoms with E-state index in [1.165, 1.54) is 23.1 Å². The summed E-state index contributed by atoms with van der Waals surface area (Å²) >= 11 is 2.78. The van der Waals surface area contributed by atoms with Gasteiger partial charge in [0.2, 0.25) is 0 Å². The van der Waals surface area contributed by atoms with E-state index in [1.54, 1.807) is 24.0 Å². The van der Waals surface area contributed by atoms with Crippen LogP contribution in [0.3, 0.4) is 0 Å². The Morgan fingerprint density at radius 3 is 3.06 bits per heavy atom. The van der Waals surface area contributed by atoms with Gasteiger partial charge in [0.1, 0.15) is 5.03 Å². The number of aliphatic carboxylic acids is 1. The van der Waals surface area contributed by atoms with Crippen LogP contribution in [0.25, 0.3) is 0 Å². The first kappa shape index (κ1) is 11.0. The summed E-state index contributed by atoms with van der Waals surface area (Å²) in [6.45, 7) is 0. The Bertz CT molecular complexity index is 487. The molecule has 0 unspecified atom stereocenters. The van der Waals surface area contributed by atoms with Gasteiger partial charge >= 0.3 is 5.97 Å². The van der Waals surface area contributed by atoms with E-state index in [0.717, 1.165) is 9.37 Å². The Morgan fingerprint density at radius 2 is 2.38 bits per heavy atom. The molecule has 0 radical (unpaired) electrons. The van der Waals surface area contributed by atoms with Gasteiger partial charge in [-0.15, -0.1) is 11.3 Å². The number of thiazole rings is 1. The first-order valence-electron chi connectivity index (χ1n) is 4.34. The maximum absolute atomic E-state index is 10.5. The Balaban J connectivity index is 2.06. The van der Waals surface area contributed by atoms with Crippen LogP contribution in [0.2, 0.25) is 0 Å². The van der Waals surface area contributed by atoms with Gasteiger partial charge in [-0.25, -0.2) is 9.97 Å². The van der Waals surface area contributed by atoms with Crippen LogP contribution in [0.5, 0.6) is 0 Å². The molecule has 7 heteroatoms. The monoisotopic (exact) mass is 253 g/mol. The molecular formula is C9H7N3O2S2. The summed E-state index contributed by atoms with van der Waals surface area (Å²) in [6.07, 6.45) is 4.80. The van der Waals surface area contributed by atoms with Gasteiger partial charge in [-0.3, -0.25) is 9.78 Å². The van der Waals surface area contributed by atoms with E-state index in [9.17, 15) is 4.79 Å². The molecule has 0 bridgehead atoms. The highest BCUT2D eigenvalue weighted by Gasteiger charge is 2.07. The Hall–Kier alpha value is -1.47. The van der Waals surface area contributed by atoms with Gasteiger partial charge in [-0.1, -0.05) is 0 Å². The van der Waals surface area contributed by atoms with Crippen molar-refractivity contribution in [3.05, 3.63) is 29.7 Å². The third-order valence-corrected chi connectivity index (χ3v) is 3.50. The van der Waals surface area contributed by atoms with E-state index in [0.29, 0.717) is 5.69 Å². The lowest BCUT2D eigenvalue weighted by atomic mass is 10.3. The molecule has 16 heavy (non-hydrogen) atoms. The van der Waals surface area contributed by atoms with Gasteiger partial charge in [0.05, 0.1) is 18.3 Å². The van der Waals surface area contributed by atoms with E-state index in [4.69, 9.17) is 5.11 Å². The minimum atomic E-state index is -0.874. The Kier molecular flexibility index (Phi) is 3.47. The quantitative estimate of drug-likeness (QED) is 0.894. The van der Waals surface area contributed by atoms with Crippen molar-refractivity contribution in [3.8, 4) is 0 Å². The molecule has 0 amide bonds.